The van der Waals surface area contributed by atoms with E-state index in [4.69, 9.17) is 9.15 Å². The van der Waals surface area contributed by atoms with Gasteiger partial charge in [0.1, 0.15) is 10.5 Å². The van der Waals surface area contributed by atoms with Crippen LogP contribution >= 0.6 is 11.3 Å². The normalized spacial score (nSPS) is 19.0. The highest BCUT2D eigenvalue weighted by molar-refractivity contribution is 7.13. The molecule has 4 rings (SSSR count). The van der Waals surface area contributed by atoms with Gasteiger partial charge < -0.3 is 9.15 Å². The van der Waals surface area contributed by atoms with Crippen molar-refractivity contribution in [3.05, 3.63) is 35.2 Å². The van der Waals surface area contributed by atoms with E-state index in [2.05, 4.69) is 20.1 Å². The molecule has 0 bridgehead atoms. The molecule has 7 heteroatoms. The van der Waals surface area contributed by atoms with Crippen molar-refractivity contribution in [1.29, 1.82) is 0 Å². The van der Waals surface area contributed by atoms with Crippen molar-refractivity contribution in [2.24, 2.45) is 0 Å². The topological polar surface area (TPSA) is 64.3 Å². The van der Waals surface area contributed by atoms with Crippen LogP contribution in [0.2, 0.25) is 0 Å². The van der Waals surface area contributed by atoms with Gasteiger partial charge in [-0.25, -0.2) is 4.98 Å². The number of oxazole rings is 1. The highest BCUT2D eigenvalue weighted by Crippen LogP contribution is 2.30. The average Bonchev–Trinajstić information content (AvgIpc) is 3.22. The minimum absolute atomic E-state index is 0.338. The van der Waals surface area contributed by atoms with Gasteiger partial charge in [-0.05, 0) is 38.4 Å². The summed E-state index contributed by atoms with van der Waals surface area (Å²) < 4.78 is 11.4. The molecule has 1 saturated heterocycles. The third-order valence-corrected chi connectivity index (χ3v) is 5.06. The summed E-state index contributed by atoms with van der Waals surface area (Å²) in [6.07, 6.45) is 2.25. The molecular formula is C17H20N4O2S. The molecule has 126 valence electrons. The fraction of sp³-hybridized carbons (Fsp3) is 0.471. The Hall–Kier alpha value is -1.99. The highest BCUT2D eigenvalue weighted by atomic mass is 32.1. The Kier molecular flexibility index (Phi) is 4.44. The van der Waals surface area contributed by atoms with Gasteiger partial charge in [0, 0.05) is 12.5 Å². The Morgan fingerprint density at radius 3 is 3.12 bits per heavy atom. The molecule has 0 radical (unpaired) electrons. The van der Waals surface area contributed by atoms with Gasteiger partial charge >= 0.3 is 0 Å². The Balaban J connectivity index is 1.44. The second-order valence-electron chi connectivity index (χ2n) is 5.99. The van der Waals surface area contributed by atoms with Gasteiger partial charge in [-0.15, -0.1) is 10.2 Å². The molecule has 0 spiro atoms. The van der Waals surface area contributed by atoms with Gasteiger partial charge in [0.15, 0.2) is 11.5 Å². The SMILES string of the molecule is CCOc1nnc(CN2CCC[C@@H](c3nc4ccccc4o3)C2)s1. The van der Waals surface area contributed by atoms with Crippen LogP contribution in [0, 0.1) is 0 Å². The van der Waals surface area contributed by atoms with Crippen LogP contribution in [0.25, 0.3) is 11.1 Å². The molecule has 0 amide bonds. The first-order valence-corrected chi connectivity index (χ1v) is 9.16. The lowest BCUT2D eigenvalue weighted by Gasteiger charge is -2.30. The molecule has 3 heterocycles. The van der Waals surface area contributed by atoms with Crippen LogP contribution in [0.3, 0.4) is 0 Å². The molecule has 1 aromatic carbocycles. The van der Waals surface area contributed by atoms with Crippen LogP contribution in [-0.4, -0.2) is 39.8 Å². The third-order valence-electron chi connectivity index (χ3n) is 4.24. The minimum atomic E-state index is 0.338. The van der Waals surface area contributed by atoms with E-state index in [-0.39, 0.29) is 0 Å². The standard InChI is InChI=1S/C17H20N4O2S/c1-2-22-17-20-19-15(24-17)11-21-9-5-6-12(10-21)16-18-13-7-3-4-8-14(13)23-16/h3-4,7-8,12H,2,5-6,9-11H2,1H3/t12-/m1/s1. The smallest absolute Gasteiger partial charge is 0.294 e. The first kappa shape index (κ1) is 15.5. The number of ether oxygens (including phenoxy) is 1. The lowest BCUT2D eigenvalue weighted by molar-refractivity contribution is 0.187. The van der Waals surface area contributed by atoms with Crippen LogP contribution in [0.15, 0.2) is 28.7 Å². The number of likely N-dealkylation sites (tertiary alicyclic amines) is 1. The van der Waals surface area contributed by atoms with Gasteiger partial charge in [-0.1, -0.05) is 23.5 Å². The average molecular weight is 344 g/mol. The number of fused-ring (bicyclic) bond motifs is 1. The van der Waals surface area contributed by atoms with Gasteiger partial charge in [0.25, 0.3) is 5.19 Å². The molecular weight excluding hydrogens is 324 g/mol. The maximum absolute atomic E-state index is 5.96. The number of rotatable bonds is 5. The first-order chi connectivity index (χ1) is 11.8. The van der Waals surface area contributed by atoms with E-state index in [9.17, 15) is 0 Å². The number of piperidine rings is 1. The summed E-state index contributed by atoms with van der Waals surface area (Å²) in [7, 11) is 0. The van der Waals surface area contributed by atoms with E-state index in [1.807, 2.05) is 31.2 Å². The lowest BCUT2D eigenvalue weighted by Crippen LogP contribution is -2.34. The molecule has 24 heavy (non-hydrogen) atoms. The first-order valence-electron chi connectivity index (χ1n) is 8.35. The van der Waals surface area contributed by atoms with Gasteiger partial charge in [0.2, 0.25) is 0 Å². The summed E-state index contributed by atoms with van der Waals surface area (Å²) in [5.74, 6) is 1.19. The van der Waals surface area contributed by atoms with E-state index in [1.54, 1.807) is 0 Å². The molecule has 0 unspecified atom stereocenters. The molecule has 3 aromatic rings. The second kappa shape index (κ2) is 6.86. The van der Waals surface area contributed by atoms with Gasteiger partial charge in [0.05, 0.1) is 13.2 Å². The van der Waals surface area contributed by atoms with E-state index < -0.39 is 0 Å². The minimum Gasteiger partial charge on any atom is -0.469 e. The third kappa shape index (κ3) is 3.27. The summed E-state index contributed by atoms with van der Waals surface area (Å²) >= 11 is 1.53. The van der Waals surface area contributed by atoms with Gasteiger partial charge in [-0.3, -0.25) is 4.90 Å². The Bertz CT molecular complexity index is 783. The largest absolute Gasteiger partial charge is 0.469 e. The Morgan fingerprint density at radius 2 is 2.25 bits per heavy atom. The van der Waals surface area contributed by atoms with Crippen molar-refractivity contribution >= 4 is 22.4 Å². The fourth-order valence-corrected chi connectivity index (χ4v) is 3.93. The number of hydrogen-bond acceptors (Lipinski definition) is 7. The van der Waals surface area contributed by atoms with Crippen LogP contribution in [0.1, 0.15) is 36.6 Å². The zero-order valence-corrected chi connectivity index (χ0v) is 14.5. The zero-order chi connectivity index (χ0) is 16.4. The maximum atomic E-state index is 5.96. The summed E-state index contributed by atoms with van der Waals surface area (Å²) in [5.41, 5.74) is 1.81. The van der Waals surface area contributed by atoms with E-state index in [0.717, 1.165) is 54.5 Å². The van der Waals surface area contributed by atoms with Crippen molar-refractivity contribution in [2.45, 2.75) is 32.2 Å². The number of nitrogens with zero attached hydrogens (tertiary/aromatic N) is 4. The summed E-state index contributed by atoms with van der Waals surface area (Å²) in [6, 6.07) is 7.95. The molecule has 2 aromatic heterocycles. The van der Waals surface area contributed by atoms with Crippen LogP contribution in [-0.2, 0) is 6.54 Å². The number of benzene rings is 1. The van der Waals surface area contributed by atoms with Crippen molar-refractivity contribution in [3.8, 4) is 5.19 Å². The van der Waals surface area contributed by atoms with Crippen LogP contribution < -0.4 is 4.74 Å². The predicted octanol–water partition coefficient (Wildman–Crippen LogP) is 3.46. The van der Waals surface area contributed by atoms with E-state index in [1.165, 1.54) is 11.3 Å². The van der Waals surface area contributed by atoms with Gasteiger partial charge in [-0.2, -0.15) is 0 Å². The molecule has 0 saturated carbocycles. The van der Waals surface area contributed by atoms with Crippen molar-refractivity contribution in [1.82, 2.24) is 20.1 Å². The molecule has 1 aliphatic rings. The van der Waals surface area contributed by atoms with Crippen molar-refractivity contribution in [2.75, 3.05) is 19.7 Å². The molecule has 1 fully saturated rings. The van der Waals surface area contributed by atoms with Crippen molar-refractivity contribution < 1.29 is 9.15 Å². The molecule has 1 aliphatic heterocycles. The molecule has 6 nitrogen and oxygen atoms in total. The van der Waals surface area contributed by atoms with Crippen LogP contribution in [0.5, 0.6) is 5.19 Å². The number of hydrogen-bond donors (Lipinski definition) is 0. The molecule has 1 atom stereocenters. The molecule has 0 aliphatic carbocycles. The quantitative estimate of drug-likeness (QED) is 0.706. The number of aromatic nitrogens is 3. The Morgan fingerprint density at radius 1 is 1.33 bits per heavy atom. The summed E-state index contributed by atoms with van der Waals surface area (Å²) in [4.78, 5) is 7.07. The lowest BCUT2D eigenvalue weighted by atomic mass is 9.98. The fourth-order valence-electron chi connectivity index (χ4n) is 3.14. The number of para-hydroxylation sites is 2. The highest BCUT2D eigenvalue weighted by Gasteiger charge is 2.26. The van der Waals surface area contributed by atoms with E-state index in [0.29, 0.717) is 17.7 Å². The Labute approximate surface area is 144 Å². The molecule has 0 N–H and O–H groups in total. The monoisotopic (exact) mass is 344 g/mol. The second-order valence-corrected chi connectivity index (χ2v) is 7.01. The predicted molar refractivity (Wildman–Crippen MR) is 92.3 cm³/mol. The summed E-state index contributed by atoms with van der Waals surface area (Å²) in [6.45, 7) is 5.40. The maximum Gasteiger partial charge on any atom is 0.294 e. The van der Waals surface area contributed by atoms with E-state index >= 15 is 0 Å². The zero-order valence-electron chi connectivity index (χ0n) is 13.6. The summed E-state index contributed by atoms with van der Waals surface area (Å²) in [5, 5.41) is 9.94. The van der Waals surface area contributed by atoms with Crippen LogP contribution in [0.4, 0.5) is 0 Å². The van der Waals surface area contributed by atoms with Crippen molar-refractivity contribution in [3.63, 3.8) is 0 Å².